The molecule has 0 spiro atoms. The van der Waals surface area contributed by atoms with Crippen LogP contribution in [0.5, 0.6) is 0 Å². The monoisotopic (exact) mass is 240 g/mol. The van der Waals surface area contributed by atoms with E-state index in [0.29, 0.717) is 16.5 Å². The third-order valence-electron chi connectivity index (χ3n) is 1.84. The summed E-state index contributed by atoms with van der Waals surface area (Å²) in [4.78, 5) is 10.8. The zero-order valence-electron chi connectivity index (χ0n) is 8.03. The molecular weight excluding hydrogens is 232 g/mol. The highest BCUT2D eigenvalue weighted by Gasteiger charge is 2.14. The van der Waals surface area contributed by atoms with Crippen LogP contribution in [0.15, 0.2) is 28.2 Å². The molecule has 0 saturated carbocycles. The van der Waals surface area contributed by atoms with Gasteiger partial charge in [0, 0.05) is 11.3 Å². The second kappa shape index (κ2) is 4.27. The zero-order valence-corrected chi connectivity index (χ0v) is 8.85. The molecule has 0 radical (unpaired) electrons. The highest BCUT2D eigenvalue weighted by molar-refractivity contribution is 7.98. The minimum absolute atomic E-state index is 0.0596. The number of thioether (sulfide) groups is 1. The third kappa shape index (κ3) is 2.01. The Hall–Kier alpha value is -1.96. The molecule has 16 heavy (non-hydrogen) atoms. The normalized spacial score (nSPS) is 10.5. The summed E-state index contributed by atoms with van der Waals surface area (Å²) in [5.74, 6) is 4.77. The molecule has 0 saturated heterocycles. The topological polar surface area (TPSA) is 107 Å². The predicted octanol–water partition coefficient (Wildman–Crippen LogP) is 0.575. The van der Waals surface area contributed by atoms with Gasteiger partial charge in [0.05, 0.1) is 6.26 Å². The number of hydrogen-bond donors (Lipinski definition) is 2. The first-order valence-corrected chi connectivity index (χ1v) is 5.24. The van der Waals surface area contributed by atoms with Crippen LogP contribution in [0.1, 0.15) is 16.1 Å². The highest BCUT2D eigenvalue weighted by Crippen LogP contribution is 2.22. The Labute approximate surface area is 94.2 Å². The smallest absolute Gasteiger partial charge is 0.372 e. The molecule has 2 aromatic rings. The number of carboxylic acid groups (broad SMARTS) is 1. The molecule has 2 aromatic heterocycles. The summed E-state index contributed by atoms with van der Waals surface area (Å²) < 4.78 is 6.11. The molecule has 0 amide bonds. The van der Waals surface area contributed by atoms with Gasteiger partial charge in [-0.2, -0.15) is 0 Å². The van der Waals surface area contributed by atoms with E-state index in [0.717, 1.165) is 0 Å². The first-order chi connectivity index (χ1) is 7.68. The van der Waals surface area contributed by atoms with Crippen LogP contribution in [0.3, 0.4) is 0 Å². The van der Waals surface area contributed by atoms with Crippen molar-refractivity contribution in [1.82, 2.24) is 14.9 Å². The summed E-state index contributed by atoms with van der Waals surface area (Å²) in [6.45, 7) is 0. The number of furan rings is 1. The Morgan fingerprint density at radius 2 is 2.50 bits per heavy atom. The van der Waals surface area contributed by atoms with Crippen LogP contribution in [0.4, 0.5) is 0 Å². The number of carboxylic acids is 1. The van der Waals surface area contributed by atoms with Crippen molar-refractivity contribution in [2.24, 2.45) is 0 Å². The number of aromatic nitrogens is 3. The Morgan fingerprint density at radius 1 is 1.69 bits per heavy atom. The van der Waals surface area contributed by atoms with Gasteiger partial charge in [-0.25, -0.2) is 9.47 Å². The van der Waals surface area contributed by atoms with Gasteiger partial charge in [0.15, 0.2) is 0 Å². The summed E-state index contributed by atoms with van der Waals surface area (Å²) in [5, 5.41) is 16.7. The lowest BCUT2D eigenvalue weighted by Gasteiger charge is -1.99. The average Bonchev–Trinajstić information content (AvgIpc) is 2.83. The van der Waals surface area contributed by atoms with Gasteiger partial charge in [-0.05, 0) is 6.07 Å². The maximum Gasteiger partial charge on any atom is 0.372 e. The fourth-order valence-corrected chi connectivity index (χ4v) is 1.93. The van der Waals surface area contributed by atoms with Gasteiger partial charge < -0.3 is 15.4 Å². The molecule has 3 N–H and O–H groups in total. The van der Waals surface area contributed by atoms with E-state index >= 15 is 0 Å². The first kappa shape index (κ1) is 10.6. The Kier molecular flexibility index (Phi) is 2.82. The Balaban J connectivity index is 2.08. The summed E-state index contributed by atoms with van der Waals surface area (Å²) in [5.41, 5.74) is 0.584. The molecular formula is C8H8N4O3S. The minimum atomic E-state index is -1.09. The van der Waals surface area contributed by atoms with Crippen molar-refractivity contribution in [3.63, 3.8) is 0 Å². The lowest BCUT2D eigenvalue weighted by Crippen LogP contribution is -2.07. The number of nitrogens with two attached hydrogens (primary N) is 1. The van der Waals surface area contributed by atoms with E-state index in [4.69, 9.17) is 15.4 Å². The van der Waals surface area contributed by atoms with Crippen molar-refractivity contribution in [3.8, 4) is 0 Å². The van der Waals surface area contributed by atoms with Gasteiger partial charge >= 0.3 is 5.97 Å². The van der Waals surface area contributed by atoms with Gasteiger partial charge in [-0.15, -0.1) is 10.2 Å². The van der Waals surface area contributed by atoms with Crippen LogP contribution in [-0.2, 0) is 5.75 Å². The van der Waals surface area contributed by atoms with Crippen molar-refractivity contribution in [1.29, 1.82) is 0 Å². The molecule has 0 aliphatic heterocycles. The number of rotatable bonds is 4. The summed E-state index contributed by atoms with van der Waals surface area (Å²) >= 11 is 1.28. The number of carbonyl (C=O) groups is 1. The van der Waals surface area contributed by atoms with Crippen LogP contribution in [-0.4, -0.2) is 25.9 Å². The average molecular weight is 240 g/mol. The molecule has 0 aromatic carbocycles. The lowest BCUT2D eigenvalue weighted by molar-refractivity contribution is 0.0661. The first-order valence-electron chi connectivity index (χ1n) is 4.26. The van der Waals surface area contributed by atoms with Crippen LogP contribution >= 0.6 is 11.8 Å². The van der Waals surface area contributed by atoms with Crippen molar-refractivity contribution in [3.05, 3.63) is 30.0 Å². The molecule has 0 aliphatic rings. The van der Waals surface area contributed by atoms with E-state index in [1.165, 1.54) is 29.0 Å². The predicted molar refractivity (Wildman–Crippen MR) is 55.4 cm³/mol. The fraction of sp³-hybridized carbons (Fsp3) is 0.125. The molecule has 8 heteroatoms. The molecule has 7 nitrogen and oxygen atoms in total. The largest absolute Gasteiger partial charge is 0.475 e. The van der Waals surface area contributed by atoms with Gasteiger partial charge in [0.1, 0.15) is 6.33 Å². The van der Waals surface area contributed by atoms with E-state index in [2.05, 4.69) is 10.2 Å². The molecule has 2 rings (SSSR count). The van der Waals surface area contributed by atoms with Crippen LogP contribution in [0.25, 0.3) is 0 Å². The second-order valence-corrected chi connectivity index (χ2v) is 3.83. The van der Waals surface area contributed by atoms with Crippen molar-refractivity contribution in [2.75, 3.05) is 5.84 Å². The summed E-state index contributed by atoms with van der Waals surface area (Å²) in [6, 6.07) is 1.60. The molecule has 0 fully saturated rings. The quantitative estimate of drug-likeness (QED) is 0.594. The molecule has 2 heterocycles. The fourth-order valence-electron chi connectivity index (χ4n) is 1.11. The Bertz CT molecular complexity index is 507. The van der Waals surface area contributed by atoms with Gasteiger partial charge in [0.2, 0.25) is 10.9 Å². The maximum atomic E-state index is 10.8. The third-order valence-corrected chi connectivity index (χ3v) is 2.84. The molecule has 0 aliphatic carbocycles. The van der Waals surface area contributed by atoms with E-state index in [1.807, 2.05) is 0 Å². The number of nitrogens with zero attached hydrogens (tertiary/aromatic N) is 3. The van der Waals surface area contributed by atoms with Crippen LogP contribution in [0, 0.1) is 0 Å². The van der Waals surface area contributed by atoms with Gasteiger partial charge in [-0.3, -0.25) is 0 Å². The lowest BCUT2D eigenvalue weighted by atomic mass is 10.3. The standard InChI is InChI=1S/C8H8N4O3S/c9-12-4-10-11-8(12)16-3-5-1-2-15-6(5)7(13)14/h1-2,4H,3,9H2,(H,13,14). The summed E-state index contributed by atoms with van der Waals surface area (Å²) in [6.07, 6.45) is 2.71. The number of aromatic carboxylic acids is 1. The van der Waals surface area contributed by atoms with Crippen molar-refractivity contribution in [2.45, 2.75) is 10.9 Å². The van der Waals surface area contributed by atoms with E-state index in [9.17, 15) is 4.79 Å². The Morgan fingerprint density at radius 3 is 3.12 bits per heavy atom. The van der Waals surface area contributed by atoms with Crippen molar-refractivity contribution >= 4 is 17.7 Å². The van der Waals surface area contributed by atoms with Crippen LogP contribution in [0.2, 0.25) is 0 Å². The van der Waals surface area contributed by atoms with E-state index < -0.39 is 5.97 Å². The highest BCUT2D eigenvalue weighted by atomic mass is 32.2. The minimum Gasteiger partial charge on any atom is -0.475 e. The second-order valence-electron chi connectivity index (χ2n) is 2.89. The number of nitrogen functional groups attached to an aromatic ring is 1. The number of hydrogen-bond acceptors (Lipinski definition) is 6. The van der Waals surface area contributed by atoms with E-state index in [-0.39, 0.29) is 5.76 Å². The molecule has 0 atom stereocenters. The summed E-state index contributed by atoms with van der Waals surface area (Å²) in [7, 11) is 0. The van der Waals surface area contributed by atoms with Crippen LogP contribution < -0.4 is 5.84 Å². The molecule has 0 unspecified atom stereocenters. The SMILES string of the molecule is Nn1cnnc1SCc1ccoc1C(=O)O. The van der Waals surface area contributed by atoms with Crippen molar-refractivity contribution < 1.29 is 14.3 Å². The maximum absolute atomic E-state index is 10.8. The van der Waals surface area contributed by atoms with Gasteiger partial charge in [0.25, 0.3) is 0 Å². The molecule has 84 valence electrons. The van der Waals surface area contributed by atoms with Gasteiger partial charge in [-0.1, -0.05) is 11.8 Å². The van der Waals surface area contributed by atoms with E-state index in [1.54, 1.807) is 6.07 Å². The molecule has 0 bridgehead atoms. The zero-order chi connectivity index (χ0) is 11.5.